The minimum atomic E-state index is -0.289. The summed E-state index contributed by atoms with van der Waals surface area (Å²) >= 11 is 0. The van der Waals surface area contributed by atoms with Crippen molar-refractivity contribution in [1.82, 2.24) is 5.48 Å². The van der Waals surface area contributed by atoms with E-state index in [1.54, 1.807) is 14.2 Å². The second kappa shape index (κ2) is 7.89. The zero-order valence-corrected chi connectivity index (χ0v) is 15.0. The van der Waals surface area contributed by atoms with Gasteiger partial charge in [0, 0.05) is 11.1 Å². The van der Waals surface area contributed by atoms with Gasteiger partial charge < -0.3 is 9.47 Å². The first kappa shape index (κ1) is 17.8. The zero-order valence-electron chi connectivity index (χ0n) is 15.0. The van der Waals surface area contributed by atoms with E-state index in [1.165, 1.54) is 0 Å². The molecular formula is C21H21NO4. The summed E-state index contributed by atoms with van der Waals surface area (Å²) in [5.41, 5.74) is 4.69. The molecule has 1 N–H and O–H groups in total. The van der Waals surface area contributed by atoms with Crippen LogP contribution in [0.2, 0.25) is 0 Å². The molecule has 0 saturated heterocycles. The molecule has 5 nitrogen and oxygen atoms in total. The van der Waals surface area contributed by atoms with Gasteiger partial charge in [-0.1, -0.05) is 36.4 Å². The second-order valence-corrected chi connectivity index (χ2v) is 5.64. The number of rotatable bonds is 6. The maximum atomic E-state index is 12.6. The molecule has 1 amide bonds. The zero-order chi connectivity index (χ0) is 18.5. The fraction of sp³-hybridized carbons (Fsp3) is 0.190. The van der Waals surface area contributed by atoms with Crippen LogP contribution >= 0.6 is 0 Å². The fourth-order valence-corrected chi connectivity index (χ4v) is 2.96. The molecule has 0 saturated carbocycles. The van der Waals surface area contributed by atoms with Crippen LogP contribution in [-0.4, -0.2) is 26.7 Å². The molecule has 0 fully saturated rings. The smallest absolute Gasteiger partial charge is 0.275 e. The first-order chi connectivity index (χ1) is 12.7. The summed E-state index contributed by atoms with van der Waals surface area (Å²) in [7, 11) is 3.18. The molecule has 0 bridgehead atoms. The lowest BCUT2D eigenvalue weighted by Crippen LogP contribution is -2.24. The first-order valence-corrected chi connectivity index (χ1v) is 8.35. The van der Waals surface area contributed by atoms with Crippen molar-refractivity contribution in [2.75, 3.05) is 20.8 Å². The van der Waals surface area contributed by atoms with Gasteiger partial charge in [0.15, 0.2) is 11.5 Å². The van der Waals surface area contributed by atoms with E-state index < -0.39 is 0 Å². The van der Waals surface area contributed by atoms with E-state index >= 15 is 0 Å². The molecule has 0 aromatic heterocycles. The second-order valence-electron chi connectivity index (χ2n) is 5.64. The van der Waals surface area contributed by atoms with Gasteiger partial charge in [-0.15, -0.1) is 0 Å². The van der Waals surface area contributed by atoms with Crippen molar-refractivity contribution in [3.05, 3.63) is 60.2 Å². The van der Waals surface area contributed by atoms with Crippen LogP contribution in [0.1, 0.15) is 17.3 Å². The van der Waals surface area contributed by atoms with E-state index in [1.807, 2.05) is 61.5 Å². The molecule has 0 atom stereocenters. The Kier molecular flexibility index (Phi) is 5.39. The van der Waals surface area contributed by atoms with Gasteiger partial charge in [-0.2, -0.15) is 0 Å². The quantitative estimate of drug-likeness (QED) is 0.676. The van der Waals surface area contributed by atoms with Crippen molar-refractivity contribution >= 4 is 16.7 Å². The van der Waals surface area contributed by atoms with Gasteiger partial charge in [0.1, 0.15) is 0 Å². The number of benzene rings is 3. The van der Waals surface area contributed by atoms with Crippen molar-refractivity contribution in [2.24, 2.45) is 0 Å². The molecule has 3 aromatic carbocycles. The summed E-state index contributed by atoms with van der Waals surface area (Å²) in [6.45, 7) is 2.21. The maximum absolute atomic E-state index is 12.6. The van der Waals surface area contributed by atoms with Crippen molar-refractivity contribution in [3.8, 4) is 22.6 Å². The Balaban J connectivity index is 2.23. The number of nitrogens with one attached hydrogen (secondary N) is 1. The number of carbonyl (C=O) groups is 1. The van der Waals surface area contributed by atoms with Crippen LogP contribution in [0.25, 0.3) is 21.9 Å². The third-order valence-electron chi connectivity index (χ3n) is 4.16. The highest BCUT2D eigenvalue weighted by Gasteiger charge is 2.17. The van der Waals surface area contributed by atoms with E-state index in [9.17, 15) is 4.79 Å². The van der Waals surface area contributed by atoms with Crippen LogP contribution in [0.5, 0.6) is 11.5 Å². The summed E-state index contributed by atoms with van der Waals surface area (Å²) in [6, 6.07) is 17.3. The van der Waals surface area contributed by atoms with Crippen LogP contribution in [-0.2, 0) is 4.84 Å². The van der Waals surface area contributed by atoms with Gasteiger partial charge >= 0.3 is 0 Å². The van der Waals surface area contributed by atoms with E-state index in [4.69, 9.17) is 14.3 Å². The molecule has 0 spiro atoms. The average Bonchev–Trinajstić information content (AvgIpc) is 2.70. The summed E-state index contributed by atoms with van der Waals surface area (Å²) in [5, 5.41) is 2.02. The summed E-state index contributed by atoms with van der Waals surface area (Å²) in [4.78, 5) is 17.7. The number of fused-ring (bicyclic) bond motifs is 1. The Morgan fingerprint density at radius 2 is 1.73 bits per heavy atom. The molecule has 0 aliphatic carbocycles. The highest BCUT2D eigenvalue weighted by molar-refractivity contribution is 6.09. The molecule has 3 rings (SSSR count). The van der Waals surface area contributed by atoms with Crippen LogP contribution in [0.15, 0.2) is 54.6 Å². The van der Waals surface area contributed by atoms with Gasteiger partial charge in [0.25, 0.3) is 5.91 Å². The maximum Gasteiger partial charge on any atom is 0.275 e. The Labute approximate surface area is 152 Å². The molecule has 0 heterocycles. The lowest BCUT2D eigenvalue weighted by Gasteiger charge is -2.15. The standard InChI is InChI=1S/C21H21NO4/c1-4-26-22-21(23)17-11-9-14-7-5-6-8-16(14)20(17)15-10-12-18(24-2)19(13-15)25-3/h5-13H,4H2,1-3H3,(H,22,23). The minimum absolute atomic E-state index is 0.289. The number of ether oxygens (including phenoxy) is 2. The van der Waals surface area contributed by atoms with Gasteiger partial charge in [-0.25, -0.2) is 5.48 Å². The highest BCUT2D eigenvalue weighted by atomic mass is 16.6. The number of hydrogen-bond donors (Lipinski definition) is 1. The molecule has 0 aliphatic heterocycles. The summed E-state index contributed by atoms with van der Waals surface area (Å²) in [5.74, 6) is 0.952. The third kappa shape index (κ3) is 3.34. The Hall–Kier alpha value is -3.05. The minimum Gasteiger partial charge on any atom is -0.493 e. The van der Waals surface area contributed by atoms with Crippen LogP contribution in [0, 0.1) is 0 Å². The predicted octanol–water partition coefficient (Wildman–Crippen LogP) is 4.21. The number of hydrogen-bond acceptors (Lipinski definition) is 4. The molecule has 26 heavy (non-hydrogen) atoms. The monoisotopic (exact) mass is 351 g/mol. The number of methoxy groups -OCH3 is 2. The molecule has 0 radical (unpaired) electrons. The number of hydroxylamine groups is 1. The summed E-state index contributed by atoms with van der Waals surface area (Å²) in [6.07, 6.45) is 0. The predicted molar refractivity (Wildman–Crippen MR) is 102 cm³/mol. The van der Waals surface area contributed by atoms with E-state index in [-0.39, 0.29) is 5.91 Å². The van der Waals surface area contributed by atoms with Crippen molar-refractivity contribution in [2.45, 2.75) is 6.92 Å². The largest absolute Gasteiger partial charge is 0.493 e. The molecule has 3 aromatic rings. The Morgan fingerprint density at radius 3 is 2.46 bits per heavy atom. The third-order valence-corrected chi connectivity index (χ3v) is 4.16. The molecule has 0 unspecified atom stereocenters. The summed E-state index contributed by atoms with van der Waals surface area (Å²) < 4.78 is 10.7. The Bertz CT molecular complexity index is 936. The Morgan fingerprint density at radius 1 is 0.962 bits per heavy atom. The van der Waals surface area contributed by atoms with Crippen molar-refractivity contribution < 1.29 is 19.1 Å². The first-order valence-electron chi connectivity index (χ1n) is 8.35. The van der Waals surface area contributed by atoms with Gasteiger partial charge in [0.05, 0.1) is 20.8 Å². The molecular weight excluding hydrogens is 330 g/mol. The molecule has 0 aliphatic rings. The fourth-order valence-electron chi connectivity index (χ4n) is 2.96. The average molecular weight is 351 g/mol. The number of amides is 1. The van der Waals surface area contributed by atoms with Gasteiger partial charge in [-0.3, -0.25) is 9.63 Å². The van der Waals surface area contributed by atoms with Crippen LogP contribution in [0.3, 0.4) is 0 Å². The normalized spacial score (nSPS) is 10.6. The molecule has 5 heteroatoms. The van der Waals surface area contributed by atoms with Crippen molar-refractivity contribution in [3.63, 3.8) is 0 Å². The van der Waals surface area contributed by atoms with Gasteiger partial charge in [-0.05, 0) is 41.5 Å². The van der Waals surface area contributed by atoms with Crippen LogP contribution < -0.4 is 15.0 Å². The van der Waals surface area contributed by atoms with Gasteiger partial charge in [0.2, 0.25) is 0 Å². The van der Waals surface area contributed by atoms with Crippen LogP contribution in [0.4, 0.5) is 0 Å². The van der Waals surface area contributed by atoms with E-state index in [0.717, 1.165) is 21.9 Å². The highest BCUT2D eigenvalue weighted by Crippen LogP contribution is 2.37. The van der Waals surface area contributed by atoms with Crippen molar-refractivity contribution in [1.29, 1.82) is 0 Å². The lowest BCUT2D eigenvalue weighted by molar-refractivity contribution is 0.0365. The topological polar surface area (TPSA) is 56.8 Å². The number of carbonyl (C=O) groups excluding carboxylic acids is 1. The van der Waals surface area contributed by atoms with E-state index in [0.29, 0.717) is 23.7 Å². The van der Waals surface area contributed by atoms with E-state index in [2.05, 4.69) is 5.48 Å². The SMILES string of the molecule is CCONC(=O)c1ccc2ccccc2c1-c1ccc(OC)c(OC)c1. The lowest BCUT2D eigenvalue weighted by atomic mass is 9.92. The molecule has 134 valence electrons.